The summed E-state index contributed by atoms with van der Waals surface area (Å²) in [6, 6.07) is 17.4. The number of aromatic amines is 1. The van der Waals surface area contributed by atoms with Crippen molar-refractivity contribution in [3.63, 3.8) is 0 Å². The summed E-state index contributed by atoms with van der Waals surface area (Å²) in [5.74, 6) is 0.359. The van der Waals surface area contributed by atoms with Gasteiger partial charge < -0.3 is 9.88 Å². The van der Waals surface area contributed by atoms with E-state index in [1.54, 1.807) is 12.1 Å². The van der Waals surface area contributed by atoms with Crippen molar-refractivity contribution in [1.29, 1.82) is 0 Å². The fourth-order valence-corrected chi connectivity index (χ4v) is 4.90. The molecule has 3 heterocycles. The van der Waals surface area contributed by atoms with Crippen LogP contribution in [0.4, 0.5) is 4.39 Å². The van der Waals surface area contributed by atoms with Gasteiger partial charge in [-0.3, -0.25) is 14.5 Å². The van der Waals surface area contributed by atoms with E-state index in [9.17, 15) is 14.0 Å². The van der Waals surface area contributed by atoms with E-state index in [0.29, 0.717) is 54.3 Å². The molecular weight excluding hydrogens is 427 g/mol. The van der Waals surface area contributed by atoms with Crippen LogP contribution in [0.1, 0.15) is 16.2 Å². The van der Waals surface area contributed by atoms with Gasteiger partial charge in [-0.15, -0.1) is 11.3 Å². The molecular formula is C24H21FN4O2S. The number of hydrogen-bond donors (Lipinski definition) is 1. The molecule has 1 N–H and O–H groups in total. The predicted molar refractivity (Wildman–Crippen MR) is 123 cm³/mol. The van der Waals surface area contributed by atoms with Crippen molar-refractivity contribution >= 4 is 27.5 Å². The van der Waals surface area contributed by atoms with E-state index >= 15 is 0 Å². The van der Waals surface area contributed by atoms with E-state index in [-0.39, 0.29) is 17.3 Å². The van der Waals surface area contributed by atoms with Gasteiger partial charge in [-0.2, -0.15) is 0 Å². The minimum absolute atomic E-state index is 0.0461. The van der Waals surface area contributed by atoms with Gasteiger partial charge in [0.25, 0.3) is 11.5 Å². The highest BCUT2D eigenvalue weighted by Crippen LogP contribution is 2.31. The lowest BCUT2D eigenvalue weighted by atomic mass is 10.2. The van der Waals surface area contributed by atoms with Crippen LogP contribution < -0.4 is 5.56 Å². The number of carbonyl (C=O) groups is 1. The highest BCUT2D eigenvalue weighted by atomic mass is 32.1. The SMILES string of the molecule is O=C(c1ccccc1)N1CCN(Cc2nc3cc(-c4ccc(F)cc4)sc3c(=O)[nH]2)CC1. The summed E-state index contributed by atoms with van der Waals surface area (Å²) in [6.07, 6.45) is 0. The fourth-order valence-electron chi connectivity index (χ4n) is 3.90. The second kappa shape index (κ2) is 8.64. The molecule has 1 aliphatic rings. The third kappa shape index (κ3) is 4.19. The van der Waals surface area contributed by atoms with Gasteiger partial charge in [-0.25, -0.2) is 9.37 Å². The Morgan fingerprint density at radius 1 is 1.03 bits per heavy atom. The number of nitrogens with one attached hydrogen (secondary N) is 1. The summed E-state index contributed by atoms with van der Waals surface area (Å²) < 4.78 is 13.8. The number of fused-ring (bicyclic) bond motifs is 1. The van der Waals surface area contributed by atoms with E-state index in [2.05, 4.69) is 14.9 Å². The molecule has 0 atom stereocenters. The maximum absolute atomic E-state index is 13.2. The van der Waals surface area contributed by atoms with Gasteiger partial charge in [-0.1, -0.05) is 30.3 Å². The standard InChI is InChI=1S/C24H21FN4O2S/c25-18-8-6-16(7-9-18)20-14-19-22(32-20)23(30)27-21(26-19)15-28-10-12-29(13-11-28)24(31)17-4-2-1-3-5-17/h1-9,14H,10-13,15H2,(H,26,27,30). The van der Waals surface area contributed by atoms with Crippen LogP contribution in [-0.4, -0.2) is 51.9 Å². The Balaban J connectivity index is 1.28. The maximum Gasteiger partial charge on any atom is 0.268 e. The van der Waals surface area contributed by atoms with Crippen molar-refractivity contribution in [1.82, 2.24) is 19.8 Å². The topological polar surface area (TPSA) is 69.3 Å². The smallest absolute Gasteiger partial charge is 0.268 e. The van der Waals surface area contributed by atoms with Crippen LogP contribution in [0, 0.1) is 5.82 Å². The number of halogens is 1. The summed E-state index contributed by atoms with van der Waals surface area (Å²) in [5, 5.41) is 0. The largest absolute Gasteiger partial charge is 0.336 e. The second-order valence-electron chi connectivity index (χ2n) is 7.78. The van der Waals surface area contributed by atoms with Crippen molar-refractivity contribution in [2.45, 2.75) is 6.54 Å². The Kier molecular flexibility index (Phi) is 5.55. The molecule has 0 bridgehead atoms. The molecule has 0 saturated carbocycles. The molecule has 0 radical (unpaired) electrons. The highest BCUT2D eigenvalue weighted by Gasteiger charge is 2.22. The Morgan fingerprint density at radius 2 is 1.75 bits per heavy atom. The number of hydrogen-bond acceptors (Lipinski definition) is 5. The van der Waals surface area contributed by atoms with Crippen LogP contribution in [0.2, 0.25) is 0 Å². The molecule has 2 aromatic carbocycles. The molecule has 8 heteroatoms. The second-order valence-corrected chi connectivity index (χ2v) is 8.83. The average Bonchev–Trinajstić information content (AvgIpc) is 3.25. The summed E-state index contributed by atoms with van der Waals surface area (Å²) in [6.45, 7) is 3.20. The molecule has 0 unspecified atom stereocenters. The predicted octanol–water partition coefficient (Wildman–Crippen LogP) is 3.75. The molecule has 4 aromatic rings. The average molecular weight is 449 g/mol. The lowest BCUT2D eigenvalue weighted by Crippen LogP contribution is -2.48. The van der Waals surface area contributed by atoms with Crippen molar-refractivity contribution in [2.24, 2.45) is 0 Å². The first-order valence-corrected chi connectivity index (χ1v) is 11.2. The third-order valence-corrected chi connectivity index (χ3v) is 6.79. The molecule has 1 fully saturated rings. The Labute approximate surface area is 187 Å². The lowest BCUT2D eigenvalue weighted by Gasteiger charge is -2.34. The Bertz CT molecular complexity index is 1310. The molecule has 2 aromatic heterocycles. The van der Waals surface area contributed by atoms with Crippen LogP contribution in [0.5, 0.6) is 0 Å². The molecule has 1 amide bonds. The number of amides is 1. The van der Waals surface area contributed by atoms with Gasteiger partial charge in [-0.05, 0) is 35.9 Å². The molecule has 5 rings (SSSR count). The molecule has 1 aliphatic heterocycles. The van der Waals surface area contributed by atoms with Gasteiger partial charge in [0.2, 0.25) is 0 Å². The maximum atomic E-state index is 13.2. The first kappa shape index (κ1) is 20.5. The normalized spacial score (nSPS) is 14.7. The van der Waals surface area contributed by atoms with E-state index in [0.717, 1.165) is 10.4 Å². The quantitative estimate of drug-likeness (QED) is 0.516. The monoisotopic (exact) mass is 448 g/mol. The number of nitrogens with zero attached hydrogens (tertiary/aromatic N) is 3. The zero-order valence-electron chi connectivity index (χ0n) is 17.3. The van der Waals surface area contributed by atoms with E-state index < -0.39 is 0 Å². The van der Waals surface area contributed by atoms with Crippen molar-refractivity contribution in [3.05, 3.63) is 88.2 Å². The van der Waals surface area contributed by atoms with Crippen LogP contribution >= 0.6 is 11.3 Å². The molecule has 6 nitrogen and oxygen atoms in total. The number of H-pyrrole nitrogens is 1. The van der Waals surface area contributed by atoms with Crippen LogP contribution in [-0.2, 0) is 6.54 Å². The Hall–Kier alpha value is -3.36. The zero-order valence-corrected chi connectivity index (χ0v) is 18.1. The van der Waals surface area contributed by atoms with E-state index in [1.165, 1.54) is 23.5 Å². The van der Waals surface area contributed by atoms with Gasteiger partial charge in [0.05, 0.1) is 12.1 Å². The molecule has 0 spiro atoms. The van der Waals surface area contributed by atoms with Crippen molar-refractivity contribution in [3.8, 4) is 10.4 Å². The number of thiophene rings is 1. The first-order valence-electron chi connectivity index (χ1n) is 10.4. The number of benzene rings is 2. The first-order chi connectivity index (χ1) is 15.6. The highest BCUT2D eigenvalue weighted by molar-refractivity contribution is 7.22. The number of piperazine rings is 1. The zero-order chi connectivity index (χ0) is 22.1. The number of rotatable bonds is 4. The van der Waals surface area contributed by atoms with Gasteiger partial charge in [0.15, 0.2) is 0 Å². The molecule has 0 aliphatic carbocycles. The van der Waals surface area contributed by atoms with Crippen LogP contribution in [0.25, 0.3) is 20.7 Å². The molecule has 32 heavy (non-hydrogen) atoms. The summed E-state index contributed by atoms with van der Waals surface area (Å²) in [4.78, 5) is 37.7. The fraction of sp³-hybridized carbons (Fsp3) is 0.208. The van der Waals surface area contributed by atoms with Gasteiger partial charge in [0.1, 0.15) is 16.3 Å². The number of carbonyl (C=O) groups excluding carboxylic acids is 1. The Morgan fingerprint density at radius 3 is 2.47 bits per heavy atom. The molecule has 162 valence electrons. The van der Waals surface area contributed by atoms with Crippen molar-refractivity contribution < 1.29 is 9.18 Å². The van der Waals surface area contributed by atoms with E-state index in [1.807, 2.05) is 41.3 Å². The van der Waals surface area contributed by atoms with Crippen LogP contribution in [0.3, 0.4) is 0 Å². The number of aromatic nitrogens is 2. The third-order valence-electron chi connectivity index (χ3n) is 5.61. The summed E-state index contributed by atoms with van der Waals surface area (Å²) in [7, 11) is 0. The minimum atomic E-state index is -0.293. The minimum Gasteiger partial charge on any atom is -0.336 e. The molecule has 1 saturated heterocycles. The summed E-state index contributed by atoms with van der Waals surface area (Å²) in [5.41, 5.74) is 2.04. The summed E-state index contributed by atoms with van der Waals surface area (Å²) >= 11 is 1.35. The van der Waals surface area contributed by atoms with Crippen molar-refractivity contribution in [2.75, 3.05) is 26.2 Å². The van der Waals surface area contributed by atoms with E-state index in [4.69, 9.17) is 0 Å². The van der Waals surface area contributed by atoms with Gasteiger partial charge in [0, 0.05) is 36.6 Å². The lowest BCUT2D eigenvalue weighted by molar-refractivity contribution is 0.0625. The van der Waals surface area contributed by atoms with Gasteiger partial charge >= 0.3 is 0 Å². The van der Waals surface area contributed by atoms with Crippen LogP contribution in [0.15, 0.2) is 65.5 Å².